The van der Waals surface area contributed by atoms with E-state index in [-0.39, 0.29) is 24.0 Å². The normalized spacial score (nSPS) is 11.0. The van der Waals surface area contributed by atoms with E-state index >= 15 is 0 Å². The van der Waals surface area contributed by atoms with Gasteiger partial charge in [-0.15, -0.1) is 24.0 Å². The van der Waals surface area contributed by atoms with Crippen molar-refractivity contribution in [1.82, 2.24) is 10.6 Å². The van der Waals surface area contributed by atoms with Gasteiger partial charge in [0.2, 0.25) is 0 Å². The number of hydrogen-bond donors (Lipinski definition) is 2. The van der Waals surface area contributed by atoms with Crippen molar-refractivity contribution in [3.63, 3.8) is 0 Å². The highest BCUT2D eigenvalue weighted by Crippen LogP contribution is 2.21. The average molecular weight is 465 g/mol. The number of rotatable bonds is 11. The molecule has 2 N–H and O–H groups in total. The molecule has 0 heterocycles. The first-order valence-corrected chi connectivity index (χ1v) is 8.52. The summed E-state index contributed by atoms with van der Waals surface area (Å²) in [5.41, 5.74) is 2.22. The molecule has 1 aromatic rings. The largest absolute Gasteiger partial charge is 0.491 e. The van der Waals surface area contributed by atoms with Crippen molar-refractivity contribution in [3.05, 3.63) is 29.3 Å². The minimum absolute atomic E-state index is 0. The second kappa shape index (κ2) is 15.2. The highest BCUT2D eigenvalue weighted by molar-refractivity contribution is 14.0. The third kappa shape index (κ3) is 10.5. The van der Waals surface area contributed by atoms with Gasteiger partial charge in [-0.1, -0.05) is 12.1 Å². The van der Waals surface area contributed by atoms with Crippen LogP contribution in [0.5, 0.6) is 5.75 Å². The summed E-state index contributed by atoms with van der Waals surface area (Å²) in [7, 11) is 1.68. The topological polar surface area (TPSA) is 64.1 Å². The SMILES string of the molecule is CCNC(=NCc1ccc(C)cc1OCCOCC)NCCOC.I. The smallest absolute Gasteiger partial charge is 0.191 e. The molecule has 0 aromatic heterocycles. The van der Waals surface area contributed by atoms with Gasteiger partial charge in [0.05, 0.1) is 19.8 Å². The van der Waals surface area contributed by atoms with Gasteiger partial charge in [0.1, 0.15) is 12.4 Å². The molecular formula is C18H32IN3O3. The molecule has 144 valence electrons. The van der Waals surface area contributed by atoms with E-state index in [2.05, 4.69) is 34.7 Å². The molecular weight excluding hydrogens is 433 g/mol. The summed E-state index contributed by atoms with van der Waals surface area (Å²) in [6.45, 7) is 10.6. The van der Waals surface area contributed by atoms with Gasteiger partial charge in [0, 0.05) is 32.4 Å². The summed E-state index contributed by atoms with van der Waals surface area (Å²) in [6, 6.07) is 6.18. The molecule has 0 atom stereocenters. The molecule has 1 aromatic carbocycles. The summed E-state index contributed by atoms with van der Waals surface area (Å²) in [4.78, 5) is 4.62. The lowest BCUT2D eigenvalue weighted by Gasteiger charge is -2.13. The Labute approximate surface area is 168 Å². The second-order valence-electron chi connectivity index (χ2n) is 5.27. The van der Waals surface area contributed by atoms with Gasteiger partial charge >= 0.3 is 0 Å². The van der Waals surface area contributed by atoms with E-state index in [9.17, 15) is 0 Å². The molecule has 25 heavy (non-hydrogen) atoms. The van der Waals surface area contributed by atoms with E-state index in [4.69, 9.17) is 14.2 Å². The van der Waals surface area contributed by atoms with Gasteiger partial charge in [-0.3, -0.25) is 0 Å². The summed E-state index contributed by atoms with van der Waals surface area (Å²) < 4.78 is 16.2. The first kappa shape index (κ1) is 23.9. The van der Waals surface area contributed by atoms with Crippen molar-refractivity contribution in [2.45, 2.75) is 27.3 Å². The molecule has 6 nitrogen and oxygen atoms in total. The van der Waals surface area contributed by atoms with Crippen molar-refractivity contribution >= 4 is 29.9 Å². The van der Waals surface area contributed by atoms with Crippen LogP contribution in [-0.4, -0.2) is 52.6 Å². The Balaban J connectivity index is 0.00000576. The highest BCUT2D eigenvalue weighted by atomic mass is 127. The van der Waals surface area contributed by atoms with Crippen molar-refractivity contribution in [2.24, 2.45) is 4.99 Å². The fourth-order valence-electron chi connectivity index (χ4n) is 2.06. The molecule has 0 fully saturated rings. The first-order valence-electron chi connectivity index (χ1n) is 8.52. The van der Waals surface area contributed by atoms with Crippen LogP contribution >= 0.6 is 24.0 Å². The number of benzene rings is 1. The summed E-state index contributed by atoms with van der Waals surface area (Å²) in [5.74, 6) is 1.64. The number of ether oxygens (including phenoxy) is 3. The Morgan fingerprint density at radius 1 is 1.12 bits per heavy atom. The molecule has 0 spiro atoms. The Bertz CT molecular complexity index is 498. The molecule has 0 saturated carbocycles. The fourth-order valence-corrected chi connectivity index (χ4v) is 2.06. The van der Waals surface area contributed by atoms with E-state index in [1.165, 1.54) is 5.56 Å². The zero-order chi connectivity index (χ0) is 17.6. The molecule has 0 radical (unpaired) electrons. The average Bonchev–Trinajstić information content (AvgIpc) is 2.58. The van der Waals surface area contributed by atoms with Crippen LogP contribution < -0.4 is 15.4 Å². The van der Waals surface area contributed by atoms with Gasteiger partial charge in [-0.25, -0.2) is 4.99 Å². The maximum absolute atomic E-state index is 5.86. The Morgan fingerprint density at radius 3 is 2.60 bits per heavy atom. The Hall–Kier alpha value is -1.06. The summed E-state index contributed by atoms with van der Waals surface area (Å²) in [5, 5.41) is 6.46. The van der Waals surface area contributed by atoms with Gasteiger partial charge in [-0.05, 0) is 32.4 Å². The van der Waals surface area contributed by atoms with E-state index < -0.39 is 0 Å². The predicted octanol–water partition coefficient (Wildman–Crippen LogP) is 2.73. The zero-order valence-corrected chi connectivity index (χ0v) is 18.1. The van der Waals surface area contributed by atoms with Crippen molar-refractivity contribution in [2.75, 3.05) is 46.6 Å². The summed E-state index contributed by atoms with van der Waals surface area (Å²) in [6.07, 6.45) is 0. The van der Waals surface area contributed by atoms with E-state index in [1.807, 2.05) is 19.9 Å². The molecule has 7 heteroatoms. The quantitative estimate of drug-likeness (QED) is 0.228. The monoisotopic (exact) mass is 465 g/mol. The molecule has 0 unspecified atom stereocenters. The van der Waals surface area contributed by atoms with E-state index in [1.54, 1.807) is 7.11 Å². The first-order chi connectivity index (χ1) is 11.7. The molecule has 0 bridgehead atoms. The van der Waals surface area contributed by atoms with Gasteiger partial charge in [-0.2, -0.15) is 0 Å². The zero-order valence-electron chi connectivity index (χ0n) is 15.8. The minimum Gasteiger partial charge on any atom is -0.491 e. The Morgan fingerprint density at radius 2 is 1.92 bits per heavy atom. The number of aliphatic imine (C=N–C) groups is 1. The number of nitrogens with one attached hydrogen (secondary N) is 2. The van der Waals surface area contributed by atoms with Crippen LogP contribution in [0.25, 0.3) is 0 Å². The van der Waals surface area contributed by atoms with Crippen LogP contribution in [0.15, 0.2) is 23.2 Å². The van der Waals surface area contributed by atoms with Gasteiger partial charge in [0.15, 0.2) is 5.96 Å². The number of methoxy groups -OCH3 is 1. The number of halogens is 1. The standard InChI is InChI=1S/C18H31N3O3.HI/c1-5-19-18(20-9-10-22-4)21-14-16-8-7-15(3)13-17(16)24-12-11-23-6-2;/h7-8,13H,5-6,9-12,14H2,1-4H3,(H2,19,20,21);1H. The van der Waals surface area contributed by atoms with Crippen molar-refractivity contribution in [3.8, 4) is 5.75 Å². The predicted molar refractivity (Wildman–Crippen MR) is 113 cm³/mol. The van der Waals surface area contributed by atoms with Crippen LogP contribution in [0.4, 0.5) is 0 Å². The van der Waals surface area contributed by atoms with Crippen LogP contribution in [-0.2, 0) is 16.0 Å². The van der Waals surface area contributed by atoms with Crippen molar-refractivity contribution in [1.29, 1.82) is 0 Å². The van der Waals surface area contributed by atoms with E-state index in [0.29, 0.717) is 39.5 Å². The van der Waals surface area contributed by atoms with Crippen LogP contribution in [0.2, 0.25) is 0 Å². The lowest BCUT2D eigenvalue weighted by molar-refractivity contribution is 0.110. The van der Waals surface area contributed by atoms with Gasteiger partial charge in [0.25, 0.3) is 0 Å². The molecule has 0 aliphatic rings. The van der Waals surface area contributed by atoms with E-state index in [0.717, 1.165) is 23.8 Å². The fraction of sp³-hybridized carbons (Fsp3) is 0.611. The van der Waals surface area contributed by atoms with Crippen LogP contribution in [0.3, 0.4) is 0 Å². The number of nitrogens with zero attached hydrogens (tertiary/aromatic N) is 1. The number of hydrogen-bond acceptors (Lipinski definition) is 4. The third-order valence-electron chi connectivity index (χ3n) is 3.26. The lowest BCUT2D eigenvalue weighted by atomic mass is 10.1. The third-order valence-corrected chi connectivity index (χ3v) is 3.26. The summed E-state index contributed by atoms with van der Waals surface area (Å²) >= 11 is 0. The minimum atomic E-state index is 0. The molecule has 0 amide bonds. The maximum Gasteiger partial charge on any atom is 0.191 e. The lowest BCUT2D eigenvalue weighted by Crippen LogP contribution is -2.38. The van der Waals surface area contributed by atoms with Crippen LogP contribution in [0, 0.1) is 6.92 Å². The van der Waals surface area contributed by atoms with Crippen LogP contribution in [0.1, 0.15) is 25.0 Å². The molecule has 0 saturated heterocycles. The van der Waals surface area contributed by atoms with Gasteiger partial charge < -0.3 is 24.8 Å². The maximum atomic E-state index is 5.86. The number of aryl methyl sites for hydroxylation is 1. The number of guanidine groups is 1. The molecule has 0 aliphatic heterocycles. The molecule has 1 rings (SSSR count). The second-order valence-corrected chi connectivity index (χ2v) is 5.27. The highest BCUT2D eigenvalue weighted by Gasteiger charge is 2.05. The molecule has 0 aliphatic carbocycles. The van der Waals surface area contributed by atoms with Crippen molar-refractivity contribution < 1.29 is 14.2 Å². The Kier molecular flexibility index (Phi) is 14.6.